The van der Waals surface area contributed by atoms with E-state index in [0.717, 1.165) is 37.2 Å². The van der Waals surface area contributed by atoms with E-state index in [4.69, 9.17) is 11.6 Å². The number of hydrogen-bond donors (Lipinski definition) is 0. The molecular formula is C16H22BrClN2O. The zero-order chi connectivity index (χ0) is 15.4. The molecule has 1 aromatic carbocycles. The summed E-state index contributed by atoms with van der Waals surface area (Å²) in [5.41, 5.74) is 0.626. The quantitative estimate of drug-likeness (QED) is 0.735. The Balaban J connectivity index is 1.82. The number of benzene rings is 1. The van der Waals surface area contributed by atoms with Crippen LogP contribution < -0.4 is 0 Å². The Morgan fingerprint density at radius 2 is 1.95 bits per heavy atom. The molecule has 0 amide bonds. The van der Waals surface area contributed by atoms with Crippen LogP contribution in [0.5, 0.6) is 0 Å². The van der Waals surface area contributed by atoms with Gasteiger partial charge in [0.1, 0.15) is 0 Å². The first-order chi connectivity index (χ1) is 9.97. The average molecular weight is 374 g/mol. The number of ketones is 1. The maximum atomic E-state index is 12.3. The van der Waals surface area contributed by atoms with Crippen LogP contribution in [0.15, 0.2) is 22.7 Å². The third kappa shape index (κ3) is 4.78. The molecule has 116 valence electrons. The normalized spacial score (nSPS) is 17.4. The molecule has 0 radical (unpaired) electrons. The fourth-order valence-electron chi connectivity index (χ4n) is 2.61. The molecule has 1 heterocycles. The lowest BCUT2D eigenvalue weighted by molar-refractivity contribution is 0.0890. The molecule has 1 saturated heterocycles. The van der Waals surface area contributed by atoms with Gasteiger partial charge in [-0.3, -0.25) is 9.69 Å². The number of halogens is 2. The minimum atomic E-state index is 0.124. The second-order valence-corrected chi connectivity index (χ2v) is 7.09. The van der Waals surface area contributed by atoms with Gasteiger partial charge in [0.25, 0.3) is 0 Å². The molecule has 0 unspecified atom stereocenters. The first-order valence-corrected chi connectivity index (χ1v) is 8.59. The van der Waals surface area contributed by atoms with Gasteiger partial charge >= 0.3 is 0 Å². The summed E-state index contributed by atoms with van der Waals surface area (Å²) in [6.45, 7) is 9.54. The van der Waals surface area contributed by atoms with Crippen molar-refractivity contribution in [2.24, 2.45) is 0 Å². The second-order valence-electron chi connectivity index (χ2n) is 5.77. The van der Waals surface area contributed by atoms with E-state index in [1.807, 2.05) is 6.07 Å². The second kappa shape index (κ2) is 7.73. The molecule has 0 atom stereocenters. The maximum Gasteiger partial charge on any atom is 0.165 e. The van der Waals surface area contributed by atoms with Gasteiger partial charge in [0.2, 0.25) is 0 Å². The van der Waals surface area contributed by atoms with Crippen LogP contribution in [0.3, 0.4) is 0 Å². The Kier molecular flexibility index (Phi) is 6.23. The molecule has 21 heavy (non-hydrogen) atoms. The smallest absolute Gasteiger partial charge is 0.165 e. The monoisotopic (exact) mass is 372 g/mol. The van der Waals surface area contributed by atoms with E-state index in [1.165, 1.54) is 0 Å². The molecular weight excluding hydrogens is 352 g/mol. The van der Waals surface area contributed by atoms with Crippen LogP contribution in [0.1, 0.15) is 30.6 Å². The first kappa shape index (κ1) is 16.9. The predicted molar refractivity (Wildman–Crippen MR) is 91.2 cm³/mol. The summed E-state index contributed by atoms with van der Waals surface area (Å²) in [6.07, 6.45) is 0.531. The van der Waals surface area contributed by atoms with Gasteiger partial charge in [0.15, 0.2) is 5.78 Å². The van der Waals surface area contributed by atoms with Crippen molar-refractivity contribution in [3.63, 3.8) is 0 Å². The zero-order valence-corrected chi connectivity index (χ0v) is 15.0. The Hall–Kier alpha value is -0.420. The van der Waals surface area contributed by atoms with Crippen LogP contribution >= 0.6 is 27.5 Å². The SMILES string of the molecule is CC(C)N1CCN(CCC(=O)c2ccc(Br)cc2Cl)CC1. The van der Waals surface area contributed by atoms with E-state index in [-0.39, 0.29) is 5.78 Å². The van der Waals surface area contributed by atoms with Gasteiger partial charge in [-0.25, -0.2) is 0 Å². The lowest BCUT2D eigenvalue weighted by Crippen LogP contribution is -2.49. The van der Waals surface area contributed by atoms with E-state index in [1.54, 1.807) is 12.1 Å². The molecule has 0 saturated carbocycles. The lowest BCUT2D eigenvalue weighted by atomic mass is 10.1. The summed E-state index contributed by atoms with van der Waals surface area (Å²) >= 11 is 9.48. The highest BCUT2D eigenvalue weighted by atomic mass is 79.9. The van der Waals surface area contributed by atoms with Crippen molar-refractivity contribution in [3.05, 3.63) is 33.3 Å². The van der Waals surface area contributed by atoms with Crippen molar-refractivity contribution in [1.29, 1.82) is 0 Å². The van der Waals surface area contributed by atoms with Crippen molar-refractivity contribution < 1.29 is 4.79 Å². The van der Waals surface area contributed by atoms with E-state index in [2.05, 4.69) is 39.6 Å². The Morgan fingerprint density at radius 1 is 1.29 bits per heavy atom. The minimum Gasteiger partial charge on any atom is -0.300 e. The number of Topliss-reactive ketones (excluding diaryl/α,β-unsaturated/α-hetero) is 1. The minimum absolute atomic E-state index is 0.124. The van der Waals surface area contributed by atoms with E-state index in [0.29, 0.717) is 23.0 Å². The van der Waals surface area contributed by atoms with Crippen LogP contribution in [-0.4, -0.2) is 54.3 Å². The molecule has 2 rings (SSSR count). The van der Waals surface area contributed by atoms with Gasteiger partial charge in [-0.05, 0) is 32.0 Å². The van der Waals surface area contributed by atoms with Crippen LogP contribution in [-0.2, 0) is 0 Å². The van der Waals surface area contributed by atoms with Crippen LogP contribution in [0.4, 0.5) is 0 Å². The summed E-state index contributed by atoms with van der Waals surface area (Å²) < 4.78 is 0.897. The van der Waals surface area contributed by atoms with E-state index >= 15 is 0 Å². The number of hydrogen-bond acceptors (Lipinski definition) is 3. The van der Waals surface area contributed by atoms with Gasteiger partial charge in [-0.15, -0.1) is 0 Å². The molecule has 1 aliphatic rings. The Morgan fingerprint density at radius 3 is 2.52 bits per heavy atom. The van der Waals surface area contributed by atoms with Crippen molar-refractivity contribution >= 4 is 33.3 Å². The lowest BCUT2D eigenvalue weighted by Gasteiger charge is -2.36. The average Bonchev–Trinajstić information content (AvgIpc) is 2.45. The highest BCUT2D eigenvalue weighted by Gasteiger charge is 2.19. The van der Waals surface area contributed by atoms with Gasteiger partial charge in [-0.1, -0.05) is 27.5 Å². The van der Waals surface area contributed by atoms with E-state index < -0.39 is 0 Å². The molecule has 1 aliphatic heterocycles. The summed E-state index contributed by atoms with van der Waals surface area (Å²) in [4.78, 5) is 17.1. The summed E-state index contributed by atoms with van der Waals surface area (Å²) in [5, 5.41) is 0.527. The first-order valence-electron chi connectivity index (χ1n) is 7.42. The molecule has 3 nitrogen and oxygen atoms in total. The molecule has 0 aromatic heterocycles. The van der Waals surface area contributed by atoms with Crippen molar-refractivity contribution in [3.8, 4) is 0 Å². The van der Waals surface area contributed by atoms with Gasteiger partial charge < -0.3 is 4.90 Å². The number of carbonyl (C=O) groups is 1. The maximum absolute atomic E-state index is 12.3. The number of piperazine rings is 1. The Bertz CT molecular complexity index is 499. The summed E-state index contributed by atoms with van der Waals surface area (Å²) in [7, 11) is 0. The number of carbonyl (C=O) groups excluding carboxylic acids is 1. The molecule has 5 heteroatoms. The molecule has 0 aliphatic carbocycles. The van der Waals surface area contributed by atoms with Crippen molar-refractivity contribution in [1.82, 2.24) is 9.80 Å². The highest BCUT2D eigenvalue weighted by Crippen LogP contribution is 2.22. The van der Waals surface area contributed by atoms with Gasteiger partial charge in [0, 0.05) is 55.2 Å². The number of nitrogens with zero attached hydrogens (tertiary/aromatic N) is 2. The van der Waals surface area contributed by atoms with Crippen molar-refractivity contribution in [2.75, 3.05) is 32.7 Å². The topological polar surface area (TPSA) is 23.6 Å². The number of rotatable bonds is 5. The molecule has 0 spiro atoms. The fourth-order valence-corrected chi connectivity index (χ4v) is 3.39. The van der Waals surface area contributed by atoms with Crippen LogP contribution in [0, 0.1) is 0 Å². The molecule has 1 fully saturated rings. The summed E-state index contributed by atoms with van der Waals surface area (Å²) in [5.74, 6) is 0.124. The predicted octanol–water partition coefficient (Wildman–Crippen LogP) is 3.70. The summed E-state index contributed by atoms with van der Waals surface area (Å²) in [6, 6.07) is 6.04. The molecule has 0 bridgehead atoms. The molecule has 1 aromatic rings. The van der Waals surface area contributed by atoms with Gasteiger partial charge in [0.05, 0.1) is 5.02 Å². The molecule has 0 N–H and O–H groups in total. The third-order valence-corrected chi connectivity index (χ3v) is 4.83. The van der Waals surface area contributed by atoms with Crippen molar-refractivity contribution in [2.45, 2.75) is 26.3 Å². The van der Waals surface area contributed by atoms with Gasteiger partial charge in [-0.2, -0.15) is 0 Å². The standard InChI is InChI=1S/C16H22BrClN2O/c1-12(2)20-9-7-19(8-10-20)6-5-16(21)14-4-3-13(17)11-15(14)18/h3-4,11-12H,5-10H2,1-2H3. The van der Waals surface area contributed by atoms with Crippen LogP contribution in [0.2, 0.25) is 5.02 Å². The van der Waals surface area contributed by atoms with Crippen LogP contribution in [0.25, 0.3) is 0 Å². The van der Waals surface area contributed by atoms with E-state index in [9.17, 15) is 4.79 Å². The zero-order valence-electron chi connectivity index (χ0n) is 12.6. The Labute approximate surface area is 140 Å². The highest BCUT2D eigenvalue weighted by molar-refractivity contribution is 9.10. The third-order valence-electron chi connectivity index (χ3n) is 4.02. The fraction of sp³-hybridized carbons (Fsp3) is 0.562. The largest absolute Gasteiger partial charge is 0.300 e.